The number of aliphatic hydroxyl groups is 1. The molecular formula is C12H21F3N2O2. The van der Waals surface area contributed by atoms with Gasteiger partial charge in [-0.3, -0.25) is 4.79 Å². The van der Waals surface area contributed by atoms with Gasteiger partial charge in [-0.25, -0.2) is 0 Å². The largest absolute Gasteiger partial charge is 0.416 e. The summed E-state index contributed by atoms with van der Waals surface area (Å²) >= 11 is 0. The monoisotopic (exact) mass is 282 g/mol. The molecule has 7 heteroatoms. The Morgan fingerprint density at radius 1 is 1.32 bits per heavy atom. The molecule has 0 heterocycles. The molecule has 1 fully saturated rings. The van der Waals surface area contributed by atoms with E-state index in [2.05, 4.69) is 10.6 Å². The standard InChI is InChI=1S/C12H21F3N2O2/c1-16-11(5-3-2-4-6-11)7-10(19)17-8-9(18)12(13,14)15/h9,16,18H,2-8H2,1H3,(H,17,19). The first-order chi connectivity index (χ1) is 8.79. The number of hydrogen-bond donors (Lipinski definition) is 3. The number of hydrogen-bond acceptors (Lipinski definition) is 3. The van der Waals surface area contributed by atoms with Crippen LogP contribution in [0, 0.1) is 0 Å². The SMILES string of the molecule is CNC1(CC(=O)NCC(O)C(F)(F)F)CCCCC1. The lowest BCUT2D eigenvalue weighted by molar-refractivity contribution is -0.201. The van der Waals surface area contributed by atoms with Crippen molar-refractivity contribution in [2.45, 2.75) is 56.3 Å². The highest BCUT2D eigenvalue weighted by atomic mass is 19.4. The summed E-state index contributed by atoms with van der Waals surface area (Å²) in [5.74, 6) is -0.459. The Kier molecular flexibility index (Phi) is 5.61. The van der Waals surface area contributed by atoms with Gasteiger partial charge in [-0.1, -0.05) is 19.3 Å². The topological polar surface area (TPSA) is 61.4 Å². The average Bonchev–Trinajstić information content (AvgIpc) is 2.36. The van der Waals surface area contributed by atoms with Crippen molar-refractivity contribution in [2.24, 2.45) is 0 Å². The summed E-state index contributed by atoms with van der Waals surface area (Å²) in [4.78, 5) is 11.7. The van der Waals surface area contributed by atoms with Gasteiger partial charge in [0.25, 0.3) is 0 Å². The molecule has 3 N–H and O–H groups in total. The van der Waals surface area contributed by atoms with Crippen LogP contribution in [0.15, 0.2) is 0 Å². The van der Waals surface area contributed by atoms with E-state index >= 15 is 0 Å². The highest BCUT2D eigenvalue weighted by Crippen LogP contribution is 2.30. The number of rotatable bonds is 5. The van der Waals surface area contributed by atoms with Crippen LogP contribution in [0.4, 0.5) is 13.2 Å². The third kappa shape index (κ3) is 4.99. The predicted octanol–water partition coefficient (Wildman–Crippen LogP) is 1.34. The molecule has 19 heavy (non-hydrogen) atoms. The van der Waals surface area contributed by atoms with Crippen molar-refractivity contribution in [2.75, 3.05) is 13.6 Å². The van der Waals surface area contributed by atoms with E-state index in [1.165, 1.54) is 0 Å². The molecule has 1 aliphatic rings. The van der Waals surface area contributed by atoms with Crippen molar-refractivity contribution in [3.8, 4) is 0 Å². The zero-order valence-corrected chi connectivity index (χ0v) is 11.0. The second-order valence-corrected chi connectivity index (χ2v) is 5.13. The highest BCUT2D eigenvalue weighted by Gasteiger charge is 2.39. The lowest BCUT2D eigenvalue weighted by Gasteiger charge is -2.36. The van der Waals surface area contributed by atoms with Gasteiger partial charge in [0.2, 0.25) is 5.91 Å². The molecular weight excluding hydrogens is 261 g/mol. The Balaban J connectivity index is 2.41. The maximum atomic E-state index is 12.1. The molecule has 0 spiro atoms. The van der Waals surface area contributed by atoms with Gasteiger partial charge in [0.05, 0.1) is 6.54 Å². The van der Waals surface area contributed by atoms with Crippen molar-refractivity contribution in [3.63, 3.8) is 0 Å². The first-order valence-electron chi connectivity index (χ1n) is 6.49. The summed E-state index contributed by atoms with van der Waals surface area (Å²) in [5.41, 5.74) is -0.314. The van der Waals surface area contributed by atoms with E-state index in [-0.39, 0.29) is 12.0 Å². The maximum absolute atomic E-state index is 12.1. The van der Waals surface area contributed by atoms with Crippen LogP contribution in [0.3, 0.4) is 0 Å². The maximum Gasteiger partial charge on any atom is 0.416 e. The van der Waals surface area contributed by atoms with Gasteiger partial charge >= 0.3 is 6.18 Å². The second kappa shape index (κ2) is 6.56. The average molecular weight is 282 g/mol. The smallest absolute Gasteiger partial charge is 0.382 e. The molecule has 0 radical (unpaired) electrons. The normalized spacial score (nSPS) is 20.9. The van der Waals surface area contributed by atoms with E-state index in [0.29, 0.717) is 0 Å². The molecule has 0 aromatic carbocycles. The summed E-state index contributed by atoms with van der Waals surface area (Å²) in [6.45, 7) is -0.790. The number of carbonyl (C=O) groups is 1. The summed E-state index contributed by atoms with van der Waals surface area (Å²) in [6.07, 6.45) is -2.21. The minimum atomic E-state index is -4.70. The van der Waals surface area contributed by atoms with E-state index < -0.39 is 24.7 Å². The van der Waals surface area contributed by atoms with Crippen molar-refractivity contribution in [1.82, 2.24) is 10.6 Å². The Bertz CT molecular complexity index is 302. The van der Waals surface area contributed by atoms with E-state index in [9.17, 15) is 18.0 Å². The first-order valence-corrected chi connectivity index (χ1v) is 6.49. The van der Waals surface area contributed by atoms with Crippen LogP contribution in [0.5, 0.6) is 0 Å². The van der Waals surface area contributed by atoms with E-state index in [0.717, 1.165) is 32.1 Å². The fourth-order valence-electron chi connectivity index (χ4n) is 2.44. The minimum Gasteiger partial charge on any atom is -0.382 e. The fourth-order valence-corrected chi connectivity index (χ4v) is 2.44. The number of aliphatic hydroxyl groups excluding tert-OH is 1. The van der Waals surface area contributed by atoms with Crippen LogP contribution in [-0.2, 0) is 4.79 Å². The van der Waals surface area contributed by atoms with Gasteiger partial charge in [-0.15, -0.1) is 0 Å². The minimum absolute atomic E-state index is 0.147. The zero-order chi connectivity index (χ0) is 14.5. The number of alkyl halides is 3. The van der Waals surface area contributed by atoms with Gasteiger partial charge in [0.15, 0.2) is 6.10 Å². The molecule has 1 amide bonds. The van der Waals surface area contributed by atoms with Crippen LogP contribution < -0.4 is 10.6 Å². The molecule has 1 saturated carbocycles. The number of nitrogens with one attached hydrogen (secondary N) is 2. The lowest BCUT2D eigenvalue weighted by atomic mass is 9.79. The summed E-state index contributed by atoms with van der Waals surface area (Å²) in [7, 11) is 1.77. The Morgan fingerprint density at radius 2 is 1.89 bits per heavy atom. The van der Waals surface area contributed by atoms with E-state index in [1.54, 1.807) is 7.05 Å². The van der Waals surface area contributed by atoms with Crippen LogP contribution in [0.2, 0.25) is 0 Å². The third-order valence-corrected chi connectivity index (χ3v) is 3.71. The fraction of sp³-hybridized carbons (Fsp3) is 0.917. The molecule has 0 bridgehead atoms. The molecule has 1 atom stereocenters. The van der Waals surface area contributed by atoms with Gasteiger partial charge in [0, 0.05) is 12.0 Å². The predicted molar refractivity (Wildman–Crippen MR) is 64.6 cm³/mol. The first kappa shape index (κ1) is 16.2. The Hall–Kier alpha value is -0.820. The van der Waals surface area contributed by atoms with Crippen molar-refractivity contribution in [1.29, 1.82) is 0 Å². The zero-order valence-electron chi connectivity index (χ0n) is 11.0. The summed E-state index contributed by atoms with van der Waals surface area (Å²) < 4.78 is 36.3. The van der Waals surface area contributed by atoms with Crippen LogP contribution in [0.1, 0.15) is 38.5 Å². The van der Waals surface area contributed by atoms with Gasteiger partial charge in [0.1, 0.15) is 0 Å². The summed E-state index contributed by atoms with van der Waals surface area (Å²) in [5, 5.41) is 14.1. The second-order valence-electron chi connectivity index (χ2n) is 5.13. The van der Waals surface area contributed by atoms with Crippen LogP contribution in [-0.4, -0.2) is 42.4 Å². The van der Waals surface area contributed by atoms with E-state index in [4.69, 9.17) is 5.11 Å². The molecule has 0 aliphatic heterocycles. The Morgan fingerprint density at radius 3 is 2.37 bits per heavy atom. The Labute approximate surface area is 110 Å². The van der Waals surface area contributed by atoms with Crippen molar-refractivity contribution >= 4 is 5.91 Å². The molecule has 4 nitrogen and oxygen atoms in total. The molecule has 0 aromatic rings. The number of amides is 1. The third-order valence-electron chi connectivity index (χ3n) is 3.71. The van der Waals surface area contributed by atoms with Gasteiger partial charge < -0.3 is 15.7 Å². The lowest BCUT2D eigenvalue weighted by Crippen LogP contribution is -2.49. The van der Waals surface area contributed by atoms with Crippen LogP contribution >= 0.6 is 0 Å². The highest BCUT2D eigenvalue weighted by molar-refractivity contribution is 5.77. The van der Waals surface area contributed by atoms with Crippen molar-refractivity contribution < 1.29 is 23.1 Å². The van der Waals surface area contributed by atoms with Crippen molar-refractivity contribution in [3.05, 3.63) is 0 Å². The molecule has 1 unspecified atom stereocenters. The molecule has 1 rings (SSSR count). The van der Waals surface area contributed by atoms with Crippen LogP contribution in [0.25, 0.3) is 0 Å². The van der Waals surface area contributed by atoms with E-state index in [1.807, 2.05) is 0 Å². The van der Waals surface area contributed by atoms with Gasteiger partial charge in [-0.05, 0) is 19.9 Å². The number of halogens is 3. The number of carbonyl (C=O) groups excluding carboxylic acids is 1. The molecule has 112 valence electrons. The quantitative estimate of drug-likeness (QED) is 0.713. The summed E-state index contributed by atoms with van der Waals surface area (Å²) in [6, 6.07) is 0. The van der Waals surface area contributed by atoms with Gasteiger partial charge in [-0.2, -0.15) is 13.2 Å². The molecule has 1 aliphatic carbocycles. The molecule has 0 saturated heterocycles. The molecule has 0 aromatic heterocycles.